The molecule has 0 rings (SSSR count). The maximum absolute atomic E-state index is 8.56. The van der Waals surface area contributed by atoms with Gasteiger partial charge in [-0.05, 0) is 0 Å². The fourth-order valence-electron chi connectivity index (χ4n) is 0. The molecular formula is C4H14Na6O12. The second-order valence-electron chi connectivity index (χ2n) is 1.13. The van der Waals surface area contributed by atoms with E-state index < -0.39 is 24.6 Å². The Morgan fingerprint density at radius 3 is 0.364 bits per heavy atom. The molecule has 0 aliphatic heterocycles. The zero-order chi connectivity index (χ0) is 14.3. The number of hydrogen-bond acceptors (Lipinski definition) is 4. The molecule has 8 N–H and O–H groups in total. The van der Waals surface area contributed by atoms with Crippen LogP contribution in [-0.2, 0) is 0 Å². The van der Waals surface area contributed by atoms with Crippen molar-refractivity contribution < 1.29 is 246 Å². The molecular weight excluding hydrogens is 378 g/mol. The van der Waals surface area contributed by atoms with E-state index in [0.29, 0.717) is 0 Å². The summed E-state index contributed by atoms with van der Waals surface area (Å²) in [6, 6.07) is 0. The minimum absolute atomic E-state index is 0. The van der Waals surface area contributed by atoms with E-state index >= 15 is 0 Å². The molecule has 0 aliphatic rings. The van der Waals surface area contributed by atoms with Crippen LogP contribution in [0.5, 0.6) is 0 Å². The van der Waals surface area contributed by atoms with Gasteiger partial charge in [0.05, 0.1) is 0 Å². The van der Waals surface area contributed by atoms with Gasteiger partial charge >= 0.3 is 202 Å². The van der Waals surface area contributed by atoms with Crippen LogP contribution in [0.15, 0.2) is 0 Å². The molecule has 108 valence electrons. The van der Waals surface area contributed by atoms with Crippen molar-refractivity contribution in [1.82, 2.24) is 0 Å². The monoisotopic (exact) mass is 392 g/mol. The molecule has 0 spiro atoms. The molecule has 0 unspecified atom stereocenters. The summed E-state index contributed by atoms with van der Waals surface area (Å²) in [5.74, 6) is 0. The number of rotatable bonds is 0. The van der Waals surface area contributed by atoms with E-state index in [0.717, 1.165) is 0 Å². The quantitative estimate of drug-likeness (QED) is 0.180. The van der Waals surface area contributed by atoms with Gasteiger partial charge in [0.15, 0.2) is 0 Å². The second kappa shape index (κ2) is 56.4. The number of hydrogen-bond donors (Lipinski definition) is 8. The molecule has 18 heteroatoms. The Hall–Kier alpha value is 3.08. The Balaban J connectivity index is -0.00000000429. The Morgan fingerprint density at radius 2 is 0.364 bits per heavy atom. The van der Waals surface area contributed by atoms with E-state index in [4.69, 9.17) is 60.0 Å². The summed E-state index contributed by atoms with van der Waals surface area (Å²) in [4.78, 5) is 34.2. The zero-order valence-corrected chi connectivity index (χ0v) is 25.2. The van der Waals surface area contributed by atoms with Gasteiger partial charge in [0.2, 0.25) is 0 Å². The van der Waals surface area contributed by atoms with Gasteiger partial charge in [-0.25, -0.2) is 19.2 Å². The van der Waals surface area contributed by atoms with Crippen LogP contribution in [0.3, 0.4) is 0 Å². The maximum Gasteiger partial charge on any atom is 1.00 e. The van der Waals surface area contributed by atoms with Crippen LogP contribution in [0.25, 0.3) is 0 Å². The average Bonchev–Trinajstić information content (AvgIpc) is 1.76. The first-order chi connectivity index (χ1) is 6.93. The van der Waals surface area contributed by atoms with Gasteiger partial charge in [0, 0.05) is 0 Å². The molecule has 0 fully saturated rings. The first kappa shape index (κ1) is 63.9. The van der Waals surface area contributed by atoms with Crippen LogP contribution < -0.4 is 177 Å². The predicted molar refractivity (Wildman–Crippen MR) is 49.3 cm³/mol. The van der Waals surface area contributed by atoms with Crippen LogP contribution in [0.2, 0.25) is 0 Å². The number of carbonyl (C=O) groups is 4. The van der Waals surface area contributed by atoms with E-state index in [-0.39, 0.29) is 186 Å². The SMILES string of the molecule is O=C(O)O.O=C(O)O.O=C(O)O.O=C(O)O.[H-].[H-].[H-].[H-].[H-].[H-].[Na+].[Na+].[Na+].[Na+].[Na+].[Na+]. The second-order valence-corrected chi connectivity index (χ2v) is 1.13. The van der Waals surface area contributed by atoms with Crippen molar-refractivity contribution in [2.24, 2.45) is 0 Å². The molecule has 0 bridgehead atoms. The van der Waals surface area contributed by atoms with Crippen LogP contribution in [0.4, 0.5) is 19.2 Å². The Bertz CT molecular complexity index is 193. The molecule has 0 aromatic heterocycles. The molecule has 0 aromatic carbocycles. The summed E-state index contributed by atoms with van der Waals surface area (Å²) in [5, 5.41) is 55.8. The van der Waals surface area contributed by atoms with Crippen LogP contribution in [-0.4, -0.2) is 65.5 Å². The molecule has 0 heterocycles. The summed E-state index contributed by atoms with van der Waals surface area (Å²) in [6.07, 6.45) is -7.33. The van der Waals surface area contributed by atoms with Crippen molar-refractivity contribution in [3.05, 3.63) is 0 Å². The largest absolute Gasteiger partial charge is 1.00 e. The summed E-state index contributed by atoms with van der Waals surface area (Å²) in [7, 11) is 0. The van der Waals surface area contributed by atoms with Crippen molar-refractivity contribution in [3.63, 3.8) is 0 Å². The molecule has 0 aromatic rings. The van der Waals surface area contributed by atoms with Gasteiger partial charge in [-0.2, -0.15) is 0 Å². The summed E-state index contributed by atoms with van der Waals surface area (Å²) in [5.41, 5.74) is 0. The fourth-order valence-corrected chi connectivity index (χ4v) is 0. The Kier molecular flexibility index (Phi) is 164. The maximum atomic E-state index is 8.56. The number of carboxylic acid groups (broad SMARTS) is 8. The third kappa shape index (κ3) is 1190. The van der Waals surface area contributed by atoms with Crippen LogP contribution >= 0.6 is 0 Å². The van der Waals surface area contributed by atoms with Gasteiger partial charge < -0.3 is 49.4 Å². The van der Waals surface area contributed by atoms with Gasteiger partial charge in [-0.3, -0.25) is 0 Å². The van der Waals surface area contributed by atoms with Crippen molar-refractivity contribution in [1.29, 1.82) is 0 Å². The molecule has 12 nitrogen and oxygen atoms in total. The van der Waals surface area contributed by atoms with Crippen LogP contribution in [0.1, 0.15) is 8.56 Å². The van der Waals surface area contributed by atoms with Crippen molar-refractivity contribution >= 4 is 24.6 Å². The first-order valence-electron chi connectivity index (χ1n) is 2.61. The fraction of sp³-hybridized carbons (Fsp3) is 0. The normalized spacial score (nSPS) is 4.36. The third-order valence-electron chi connectivity index (χ3n) is 0. The molecule has 0 saturated carbocycles. The topological polar surface area (TPSA) is 230 Å². The van der Waals surface area contributed by atoms with Gasteiger partial charge in [-0.15, -0.1) is 0 Å². The van der Waals surface area contributed by atoms with Gasteiger partial charge in [0.1, 0.15) is 0 Å². The minimum atomic E-state index is -1.83. The average molecular weight is 392 g/mol. The smallest absolute Gasteiger partial charge is 1.00 e. The van der Waals surface area contributed by atoms with Crippen molar-refractivity contribution in [2.45, 2.75) is 0 Å². The van der Waals surface area contributed by atoms with Crippen LogP contribution in [0, 0.1) is 0 Å². The third-order valence-corrected chi connectivity index (χ3v) is 0. The predicted octanol–water partition coefficient (Wildman–Crippen LogP) is -16.4. The molecule has 0 radical (unpaired) electrons. The molecule has 0 atom stereocenters. The van der Waals surface area contributed by atoms with Crippen molar-refractivity contribution in [3.8, 4) is 0 Å². The molecule has 22 heavy (non-hydrogen) atoms. The standard InChI is InChI=1S/4CH2O3.6Na.6H/c4*2-1(3)4;;;;;;;;;;;;/h4*(H2,2,3,4);;;;;;;;;;;;/q;;;;6*+1;6*-1. The Morgan fingerprint density at radius 1 is 0.364 bits per heavy atom. The van der Waals surface area contributed by atoms with Crippen molar-refractivity contribution in [2.75, 3.05) is 0 Å². The summed E-state index contributed by atoms with van der Waals surface area (Å²) < 4.78 is 0. The Labute approximate surface area is 265 Å². The summed E-state index contributed by atoms with van der Waals surface area (Å²) >= 11 is 0. The molecule has 0 saturated heterocycles. The van der Waals surface area contributed by atoms with E-state index in [2.05, 4.69) is 0 Å². The zero-order valence-electron chi connectivity index (χ0n) is 19.2. The first-order valence-corrected chi connectivity index (χ1v) is 2.61. The summed E-state index contributed by atoms with van der Waals surface area (Å²) in [6.45, 7) is 0. The van der Waals surface area contributed by atoms with E-state index in [1.807, 2.05) is 0 Å². The minimum Gasteiger partial charge on any atom is -1.00 e. The van der Waals surface area contributed by atoms with E-state index in [1.165, 1.54) is 0 Å². The van der Waals surface area contributed by atoms with E-state index in [1.54, 1.807) is 0 Å². The molecule has 0 aliphatic carbocycles. The molecule has 0 amide bonds. The van der Waals surface area contributed by atoms with E-state index in [9.17, 15) is 0 Å². The van der Waals surface area contributed by atoms with Gasteiger partial charge in [-0.1, -0.05) is 0 Å². The van der Waals surface area contributed by atoms with Gasteiger partial charge in [0.25, 0.3) is 0 Å².